The zero-order valence-electron chi connectivity index (χ0n) is 20.0. The highest BCUT2D eigenvalue weighted by atomic mass is 32.1. The maximum absolute atomic E-state index is 12.7. The summed E-state index contributed by atoms with van der Waals surface area (Å²) in [6.45, 7) is 7.47. The van der Waals surface area contributed by atoms with E-state index in [0.717, 1.165) is 30.8 Å². The molecular formula is C26H31N3O4S. The van der Waals surface area contributed by atoms with Crippen LogP contribution in [-0.4, -0.2) is 55.3 Å². The Morgan fingerprint density at radius 1 is 1.09 bits per heavy atom. The van der Waals surface area contributed by atoms with Gasteiger partial charge in [0, 0.05) is 31.6 Å². The minimum atomic E-state index is -0.204. The second-order valence-corrected chi connectivity index (χ2v) is 9.39. The molecule has 0 bridgehead atoms. The molecule has 1 saturated heterocycles. The molecule has 1 aromatic heterocycles. The number of hydrogen-bond donors (Lipinski definition) is 1. The monoisotopic (exact) mass is 481 g/mol. The van der Waals surface area contributed by atoms with E-state index in [1.54, 1.807) is 19.6 Å². The van der Waals surface area contributed by atoms with Gasteiger partial charge in [-0.3, -0.25) is 9.69 Å². The Labute approximate surface area is 204 Å². The van der Waals surface area contributed by atoms with E-state index in [0.29, 0.717) is 28.7 Å². The normalized spacial score (nSPS) is 18.5. The lowest BCUT2D eigenvalue weighted by Crippen LogP contribution is -2.44. The summed E-state index contributed by atoms with van der Waals surface area (Å²) in [6, 6.07) is 14.0. The number of carbonyl (C=O) groups is 1. The van der Waals surface area contributed by atoms with Crippen molar-refractivity contribution < 1.29 is 19.0 Å². The van der Waals surface area contributed by atoms with Crippen LogP contribution in [0.4, 0.5) is 0 Å². The maximum Gasteiger partial charge on any atom is 0.271 e. The molecule has 1 fully saturated rings. The lowest BCUT2D eigenvalue weighted by Gasteiger charge is -2.35. The highest BCUT2D eigenvalue weighted by molar-refractivity contribution is 7.13. The third kappa shape index (κ3) is 5.75. The first-order chi connectivity index (χ1) is 16.5. The fourth-order valence-corrected chi connectivity index (χ4v) is 5.09. The summed E-state index contributed by atoms with van der Waals surface area (Å²) in [6.07, 6.45) is 0.518. The van der Waals surface area contributed by atoms with E-state index < -0.39 is 0 Å². The van der Waals surface area contributed by atoms with Crippen molar-refractivity contribution in [2.75, 3.05) is 27.3 Å². The van der Waals surface area contributed by atoms with Crippen LogP contribution in [0.5, 0.6) is 11.5 Å². The molecule has 34 heavy (non-hydrogen) atoms. The molecule has 1 aliphatic heterocycles. The van der Waals surface area contributed by atoms with Gasteiger partial charge in [0.2, 0.25) is 0 Å². The standard InChI is InChI=1S/C26H31N3O4S/c1-17-13-29(14-18(2)33-17)15-20-10-8-19(9-11-20)12-27-25(30)22-16-34-26(28-22)21-6-5-7-23(31-3)24(21)32-4/h5-11,16-18H,12-15H2,1-4H3,(H,27,30). The molecule has 3 aromatic rings. The van der Waals surface area contributed by atoms with Gasteiger partial charge in [-0.2, -0.15) is 0 Å². The van der Waals surface area contributed by atoms with Crippen molar-refractivity contribution in [2.24, 2.45) is 0 Å². The van der Waals surface area contributed by atoms with E-state index >= 15 is 0 Å². The topological polar surface area (TPSA) is 72.9 Å². The number of aromatic nitrogens is 1. The fourth-order valence-electron chi connectivity index (χ4n) is 4.26. The Kier molecular flexibility index (Phi) is 7.82. The summed E-state index contributed by atoms with van der Waals surface area (Å²) in [5.74, 6) is 1.03. The molecule has 0 radical (unpaired) electrons. The van der Waals surface area contributed by atoms with Crippen LogP contribution in [0.1, 0.15) is 35.5 Å². The molecule has 4 rings (SSSR count). The van der Waals surface area contributed by atoms with Crippen LogP contribution in [0, 0.1) is 0 Å². The Bertz CT molecular complexity index is 1110. The van der Waals surface area contributed by atoms with E-state index in [1.807, 2.05) is 18.2 Å². The molecule has 1 amide bonds. The van der Waals surface area contributed by atoms with Gasteiger partial charge in [-0.15, -0.1) is 11.3 Å². The van der Waals surface area contributed by atoms with Crippen molar-refractivity contribution in [2.45, 2.75) is 39.1 Å². The molecule has 2 unspecified atom stereocenters. The number of amides is 1. The van der Waals surface area contributed by atoms with Gasteiger partial charge in [0.25, 0.3) is 5.91 Å². The van der Waals surface area contributed by atoms with Gasteiger partial charge in [-0.25, -0.2) is 4.98 Å². The first kappa shape index (κ1) is 24.2. The third-order valence-corrected chi connectivity index (χ3v) is 6.62. The SMILES string of the molecule is COc1cccc(-c2nc(C(=O)NCc3ccc(CN4CC(C)OC(C)C4)cc3)cs2)c1OC. The largest absolute Gasteiger partial charge is 0.493 e. The highest BCUT2D eigenvalue weighted by Crippen LogP contribution is 2.38. The van der Waals surface area contributed by atoms with Crippen LogP contribution in [-0.2, 0) is 17.8 Å². The van der Waals surface area contributed by atoms with E-state index in [9.17, 15) is 4.79 Å². The number of nitrogens with one attached hydrogen (secondary N) is 1. The number of thiazole rings is 1. The summed E-state index contributed by atoms with van der Waals surface area (Å²) in [7, 11) is 3.19. The van der Waals surface area contributed by atoms with Crippen molar-refractivity contribution in [3.8, 4) is 22.1 Å². The van der Waals surface area contributed by atoms with Gasteiger partial charge < -0.3 is 19.5 Å². The van der Waals surface area contributed by atoms with Crippen molar-refractivity contribution >= 4 is 17.2 Å². The number of ether oxygens (including phenoxy) is 3. The van der Waals surface area contributed by atoms with Gasteiger partial charge in [-0.1, -0.05) is 30.3 Å². The van der Waals surface area contributed by atoms with Crippen LogP contribution < -0.4 is 14.8 Å². The zero-order valence-corrected chi connectivity index (χ0v) is 20.9. The van der Waals surface area contributed by atoms with Gasteiger partial charge >= 0.3 is 0 Å². The molecule has 2 heterocycles. The summed E-state index contributed by atoms with van der Waals surface area (Å²) >= 11 is 1.40. The Morgan fingerprint density at radius 3 is 2.47 bits per heavy atom. The van der Waals surface area contributed by atoms with Gasteiger partial charge in [0.05, 0.1) is 32.0 Å². The van der Waals surface area contributed by atoms with E-state index in [1.165, 1.54) is 16.9 Å². The molecule has 1 N–H and O–H groups in total. The first-order valence-electron chi connectivity index (χ1n) is 11.4. The number of nitrogens with zero attached hydrogens (tertiary/aromatic N) is 2. The van der Waals surface area contributed by atoms with Crippen LogP contribution >= 0.6 is 11.3 Å². The van der Waals surface area contributed by atoms with Crippen molar-refractivity contribution in [3.05, 3.63) is 64.7 Å². The molecule has 2 aromatic carbocycles. The van der Waals surface area contributed by atoms with Crippen molar-refractivity contribution in [1.29, 1.82) is 0 Å². The van der Waals surface area contributed by atoms with Gasteiger partial charge in [0.1, 0.15) is 10.7 Å². The summed E-state index contributed by atoms with van der Waals surface area (Å²) in [5.41, 5.74) is 3.49. The average Bonchev–Trinajstić information content (AvgIpc) is 3.32. The number of benzene rings is 2. The number of rotatable bonds is 8. The lowest BCUT2D eigenvalue weighted by molar-refractivity contribution is -0.0704. The minimum absolute atomic E-state index is 0.204. The Balaban J connectivity index is 1.34. The highest BCUT2D eigenvalue weighted by Gasteiger charge is 2.22. The molecule has 1 aliphatic rings. The molecule has 0 aliphatic carbocycles. The minimum Gasteiger partial charge on any atom is -0.493 e. The van der Waals surface area contributed by atoms with E-state index in [-0.39, 0.29) is 18.1 Å². The average molecular weight is 482 g/mol. The molecule has 180 valence electrons. The van der Waals surface area contributed by atoms with Crippen LogP contribution in [0.2, 0.25) is 0 Å². The fraction of sp³-hybridized carbons (Fsp3) is 0.385. The van der Waals surface area contributed by atoms with Gasteiger partial charge in [-0.05, 0) is 37.1 Å². The van der Waals surface area contributed by atoms with Crippen LogP contribution in [0.3, 0.4) is 0 Å². The molecule has 0 spiro atoms. The third-order valence-electron chi connectivity index (χ3n) is 5.75. The van der Waals surface area contributed by atoms with Gasteiger partial charge in [0.15, 0.2) is 11.5 Å². The number of methoxy groups -OCH3 is 2. The summed E-state index contributed by atoms with van der Waals surface area (Å²) in [4.78, 5) is 19.6. The van der Waals surface area contributed by atoms with E-state index in [4.69, 9.17) is 14.2 Å². The molecule has 7 nitrogen and oxygen atoms in total. The number of morpholine rings is 1. The Morgan fingerprint density at radius 2 is 1.79 bits per heavy atom. The Hall–Kier alpha value is -2.94. The van der Waals surface area contributed by atoms with E-state index in [2.05, 4.69) is 53.3 Å². The molecule has 8 heteroatoms. The first-order valence-corrected chi connectivity index (χ1v) is 12.3. The lowest BCUT2D eigenvalue weighted by atomic mass is 10.1. The predicted molar refractivity (Wildman–Crippen MR) is 134 cm³/mol. The second kappa shape index (κ2) is 11.0. The maximum atomic E-state index is 12.7. The zero-order chi connectivity index (χ0) is 24.1. The van der Waals surface area contributed by atoms with Crippen molar-refractivity contribution in [3.63, 3.8) is 0 Å². The van der Waals surface area contributed by atoms with Crippen molar-refractivity contribution in [1.82, 2.24) is 15.2 Å². The number of hydrogen-bond acceptors (Lipinski definition) is 7. The molecule has 2 atom stereocenters. The number of carbonyl (C=O) groups excluding carboxylic acids is 1. The predicted octanol–water partition coefficient (Wildman–Crippen LogP) is 4.37. The molecular weight excluding hydrogens is 450 g/mol. The smallest absolute Gasteiger partial charge is 0.271 e. The summed E-state index contributed by atoms with van der Waals surface area (Å²) in [5, 5.41) is 5.43. The van der Waals surface area contributed by atoms with Crippen LogP contribution in [0.15, 0.2) is 47.8 Å². The van der Waals surface area contributed by atoms with Crippen LogP contribution in [0.25, 0.3) is 10.6 Å². The molecule has 0 saturated carbocycles. The second-order valence-electron chi connectivity index (χ2n) is 8.53. The number of para-hydroxylation sites is 1. The summed E-state index contributed by atoms with van der Waals surface area (Å²) < 4.78 is 16.7. The quantitative estimate of drug-likeness (QED) is 0.515.